The molecule has 4 nitrogen and oxygen atoms in total. The molecule has 0 bridgehead atoms. The van der Waals surface area contributed by atoms with Crippen molar-refractivity contribution in [2.75, 3.05) is 7.05 Å². The lowest BCUT2D eigenvalue weighted by molar-refractivity contribution is -0.139. The number of carbonyl (C=O) groups excluding carboxylic acids is 2. The second kappa shape index (κ2) is 9.01. The van der Waals surface area contributed by atoms with Gasteiger partial charge in [-0.3, -0.25) is 9.59 Å². The fraction of sp³-hybridized carbons (Fsp3) is 0.263. The average molecular weight is 397 g/mol. The van der Waals surface area contributed by atoms with Crippen LogP contribution in [0.2, 0.25) is 10.0 Å². The molecule has 2 rings (SSSR count). The summed E-state index contributed by atoms with van der Waals surface area (Å²) in [7, 11) is 1.51. The van der Waals surface area contributed by atoms with Crippen molar-refractivity contribution in [3.63, 3.8) is 0 Å². The Bertz CT molecular complexity index is 797. The van der Waals surface area contributed by atoms with Crippen molar-refractivity contribution in [1.29, 1.82) is 0 Å². The highest BCUT2D eigenvalue weighted by atomic mass is 35.5. The summed E-state index contributed by atoms with van der Waals surface area (Å²) in [4.78, 5) is 26.3. The molecule has 0 heterocycles. The number of amides is 2. The summed E-state index contributed by atoms with van der Waals surface area (Å²) in [6.07, 6.45) is 0.0585. The molecular weight excluding hydrogens is 378 g/mol. The molecule has 2 amide bonds. The fourth-order valence-electron chi connectivity index (χ4n) is 2.50. The molecule has 1 atom stereocenters. The van der Waals surface area contributed by atoms with Crippen LogP contribution in [-0.2, 0) is 22.6 Å². The molecule has 2 aromatic rings. The molecule has 2 aromatic carbocycles. The molecule has 0 radical (unpaired) electrons. The number of nitrogens with one attached hydrogen (secondary N) is 1. The number of likely N-dealkylation sites (N-methyl/N-ethyl adjacent to an activating group) is 1. The van der Waals surface area contributed by atoms with Crippen molar-refractivity contribution in [3.8, 4) is 0 Å². The van der Waals surface area contributed by atoms with Gasteiger partial charge in [0.05, 0.1) is 16.5 Å². The largest absolute Gasteiger partial charge is 0.357 e. The Morgan fingerprint density at radius 2 is 1.69 bits per heavy atom. The predicted octanol–water partition coefficient (Wildman–Crippen LogP) is 3.84. The Morgan fingerprint density at radius 1 is 1.08 bits per heavy atom. The van der Waals surface area contributed by atoms with Gasteiger partial charge < -0.3 is 10.2 Å². The number of hydrogen-bond donors (Lipinski definition) is 1. The van der Waals surface area contributed by atoms with E-state index in [1.165, 1.54) is 24.1 Å². The van der Waals surface area contributed by atoms with Gasteiger partial charge in [-0.05, 0) is 42.3 Å². The van der Waals surface area contributed by atoms with Gasteiger partial charge in [0, 0.05) is 13.6 Å². The van der Waals surface area contributed by atoms with Gasteiger partial charge >= 0.3 is 0 Å². The van der Waals surface area contributed by atoms with Gasteiger partial charge in [0.2, 0.25) is 11.8 Å². The van der Waals surface area contributed by atoms with Crippen molar-refractivity contribution in [2.24, 2.45) is 0 Å². The third kappa shape index (κ3) is 5.19. The van der Waals surface area contributed by atoms with Crippen LogP contribution < -0.4 is 5.32 Å². The maximum Gasteiger partial charge on any atom is 0.242 e. The smallest absolute Gasteiger partial charge is 0.242 e. The SMILES string of the molecule is CNC(=O)[C@H](C)N(Cc1ccc(Cl)c(Cl)c1)C(=O)Cc1ccc(F)cc1. The van der Waals surface area contributed by atoms with Gasteiger partial charge in [-0.1, -0.05) is 41.4 Å². The topological polar surface area (TPSA) is 49.4 Å². The van der Waals surface area contributed by atoms with E-state index in [9.17, 15) is 14.0 Å². The van der Waals surface area contributed by atoms with Gasteiger partial charge in [-0.15, -0.1) is 0 Å². The first-order valence-corrected chi connectivity index (χ1v) is 8.77. The number of nitrogens with zero attached hydrogens (tertiary/aromatic N) is 1. The molecule has 0 fully saturated rings. The van der Waals surface area contributed by atoms with Crippen LogP contribution in [0.15, 0.2) is 42.5 Å². The van der Waals surface area contributed by atoms with E-state index in [2.05, 4.69) is 5.32 Å². The third-order valence-electron chi connectivity index (χ3n) is 4.02. The van der Waals surface area contributed by atoms with E-state index in [0.29, 0.717) is 15.6 Å². The van der Waals surface area contributed by atoms with Crippen LogP contribution in [0.3, 0.4) is 0 Å². The highest BCUT2D eigenvalue weighted by molar-refractivity contribution is 6.42. The Hall–Kier alpha value is -2.11. The standard InChI is InChI=1S/C19H19Cl2FN2O2/c1-12(19(26)23-2)24(11-14-5-8-16(20)17(21)9-14)18(25)10-13-3-6-15(22)7-4-13/h3-9,12H,10-11H2,1-2H3,(H,23,26)/t12-/m0/s1. The van der Waals surface area contributed by atoms with Gasteiger partial charge in [0.25, 0.3) is 0 Å². The van der Waals surface area contributed by atoms with Crippen molar-refractivity contribution in [3.05, 3.63) is 69.5 Å². The minimum Gasteiger partial charge on any atom is -0.357 e. The number of benzene rings is 2. The molecule has 1 N–H and O–H groups in total. The molecular formula is C19H19Cl2FN2O2. The zero-order valence-corrected chi connectivity index (χ0v) is 15.9. The third-order valence-corrected chi connectivity index (χ3v) is 4.76. The predicted molar refractivity (Wildman–Crippen MR) is 101 cm³/mol. The number of halogens is 3. The highest BCUT2D eigenvalue weighted by Crippen LogP contribution is 2.24. The second-order valence-electron chi connectivity index (χ2n) is 5.86. The number of carbonyl (C=O) groups is 2. The van der Waals surface area contributed by atoms with Crippen LogP contribution in [-0.4, -0.2) is 29.8 Å². The Labute approximate surface area is 161 Å². The van der Waals surface area contributed by atoms with E-state index < -0.39 is 6.04 Å². The first kappa shape index (κ1) is 20.2. The van der Waals surface area contributed by atoms with E-state index in [1.54, 1.807) is 37.3 Å². The number of hydrogen-bond acceptors (Lipinski definition) is 2. The van der Waals surface area contributed by atoms with Crippen molar-refractivity contribution in [1.82, 2.24) is 10.2 Å². The van der Waals surface area contributed by atoms with Gasteiger partial charge in [0.15, 0.2) is 0 Å². The average Bonchev–Trinajstić information content (AvgIpc) is 2.63. The molecule has 7 heteroatoms. The highest BCUT2D eigenvalue weighted by Gasteiger charge is 2.25. The summed E-state index contributed by atoms with van der Waals surface area (Å²) in [5, 5.41) is 3.34. The van der Waals surface area contributed by atoms with Crippen molar-refractivity contribution in [2.45, 2.75) is 25.9 Å². The molecule has 0 saturated heterocycles. The lowest BCUT2D eigenvalue weighted by Gasteiger charge is -2.28. The zero-order chi connectivity index (χ0) is 19.3. The second-order valence-corrected chi connectivity index (χ2v) is 6.68. The Morgan fingerprint density at radius 3 is 2.27 bits per heavy atom. The molecule has 0 unspecified atom stereocenters. The Kier molecular flexibility index (Phi) is 7.00. The molecule has 0 aliphatic carbocycles. The molecule has 138 valence electrons. The fourth-order valence-corrected chi connectivity index (χ4v) is 2.83. The summed E-state index contributed by atoms with van der Waals surface area (Å²) in [5.41, 5.74) is 1.42. The maximum atomic E-state index is 13.0. The minimum absolute atomic E-state index is 0.0585. The first-order chi connectivity index (χ1) is 12.3. The van der Waals surface area contributed by atoms with Gasteiger partial charge in [-0.25, -0.2) is 4.39 Å². The summed E-state index contributed by atoms with van der Waals surface area (Å²) in [6, 6.07) is 10.1. The lowest BCUT2D eigenvalue weighted by Crippen LogP contribution is -2.47. The molecule has 0 aromatic heterocycles. The van der Waals surface area contributed by atoms with Crippen LogP contribution in [0.5, 0.6) is 0 Å². The van der Waals surface area contributed by atoms with E-state index in [-0.39, 0.29) is 30.6 Å². The van der Waals surface area contributed by atoms with Crippen LogP contribution in [0, 0.1) is 5.82 Å². The van der Waals surface area contributed by atoms with Crippen LogP contribution in [0.1, 0.15) is 18.1 Å². The quantitative estimate of drug-likeness (QED) is 0.806. The maximum absolute atomic E-state index is 13.0. The molecule has 0 spiro atoms. The van der Waals surface area contributed by atoms with Crippen molar-refractivity contribution >= 4 is 35.0 Å². The van der Waals surface area contributed by atoms with Gasteiger partial charge in [-0.2, -0.15) is 0 Å². The normalized spacial score (nSPS) is 11.7. The summed E-state index contributed by atoms with van der Waals surface area (Å²) in [6.45, 7) is 1.85. The molecule has 0 saturated carbocycles. The van der Waals surface area contributed by atoms with Gasteiger partial charge in [0.1, 0.15) is 11.9 Å². The van der Waals surface area contributed by atoms with E-state index >= 15 is 0 Å². The first-order valence-electron chi connectivity index (χ1n) is 8.01. The molecule has 0 aliphatic rings. The lowest BCUT2D eigenvalue weighted by atomic mass is 10.1. The van der Waals surface area contributed by atoms with E-state index in [4.69, 9.17) is 23.2 Å². The van der Waals surface area contributed by atoms with E-state index in [1.807, 2.05) is 0 Å². The Balaban J connectivity index is 2.24. The van der Waals surface area contributed by atoms with Crippen molar-refractivity contribution < 1.29 is 14.0 Å². The van der Waals surface area contributed by atoms with Crippen LogP contribution >= 0.6 is 23.2 Å². The minimum atomic E-state index is -0.678. The number of rotatable bonds is 6. The van der Waals surface area contributed by atoms with Crippen LogP contribution in [0.4, 0.5) is 4.39 Å². The van der Waals surface area contributed by atoms with E-state index in [0.717, 1.165) is 5.56 Å². The summed E-state index contributed by atoms with van der Waals surface area (Å²) >= 11 is 12.0. The summed E-state index contributed by atoms with van der Waals surface area (Å²) < 4.78 is 13.0. The zero-order valence-electron chi connectivity index (χ0n) is 14.4. The molecule has 0 aliphatic heterocycles. The monoisotopic (exact) mass is 396 g/mol. The molecule has 26 heavy (non-hydrogen) atoms. The van der Waals surface area contributed by atoms with Crippen LogP contribution in [0.25, 0.3) is 0 Å². The summed E-state index contributed by atoms with van der Waals surface area (Å²) in [5.74, 6) is -0.899.